The minimum absolute atomic E-state index is 0.0164. The molecule has 46 heavy (non-hydrogen) atoms. The van der Waals surface area contributed by atoms with Crippen molar-refractivity contribution in [1.82, 2.24) is 9.88 Å². The highest BCUT2D eigenvalue weighted by Gasteiger charge is 2.66. The Kier molecular flexibility index (Phi) is 9.73. The maximum atomic E-state index is 14.2. The van der Waals surface area contributed by atoms with Crippen LogP contribution in [0.3, 0.4) is 0 Å². The number of amides is 1. The maximum Gasteiger partial charge on any atom is 0.338 e. The number of β-lactam (4-membered cyclic amide) rings is 1. The quantitative estimate of drug-likeness (QED) is 0.0805. The Labute approximate surface area is 271 Å². The first-order chi connectivity index (χ1) is 22.0. The van der Waals surface area contributed by atoms with Crippen LogP contribution in [0.15, 0.2) is 97.2 Å². The molecule has 2 saturated heterocycles. The van der Waals surface area contributed by atoms with Crippen molar-refractivity contribution in [1.29, 1.82) is 0 Å². The fourth-order valence-electron chi connectivity index (χ4n) is 5.65. The minimum Gasteiger partial charge on any atom is -0.458 e. The van der Waals surface area contributed by atoms with Crippen molar-refractivity contribution in [3.8, 4) is 0 Å². The molecule has 0 aliphatic carbocycles. The molecule has 0 bridgehead atoms. The Hall–Kier alpha value is -4.36. The number of alkyl halides is 1. The van der Waals surface area contributed by atoms with Crippen LogP contribution >= 0.6 is 11.6 Å². The highest BCUT2D eigenvalue weighted by molar-refractivity contribution is 7.92. The Bertz CT molecular complexity index is 1730. The summed E-state index contributed by atoms with van der Waals surface area (Å²) < 4.78 is 44.2. The van der Waals surface area contributed by atoms with Crippen LogP contribution in [-0.4, -0.2) is 82.8 Å². The maximum absolute atomic E-state index is 14.2. The van der Waals surface area contributed by atoms with Gasteiger partial charge in [-0.15, -0.1) is 11.6 Å². The number of rotatable bonds is 11. The number of benzene rings is 2. The molecule has 240 valence electrons. The van der Waals surface area contributed by atoms with Gasteiger partial charge in [-0.25, -0.2) is 18.0 Å². The van der Waals surface area contributed by atoms with Gasteiger partial charge in [0.25, 0.3) is 5.91 Å². The third-order valence-electron chi connectivity index (χ3n) is 7.54. The molecule has 4 atom stereocenters. The number of carbonyl (C=O) groups is 3. The van der Waals surface area contributed by atoms with Gasteiger partial charge in [0.1, 0.15) is 12.2 Å². The molecular weight excluding hydrogens is 636 g/mol. The standard InChI is InChI=1S/C33H31ClN2O9S/c1-3-16-43-31(39)23-14-15-35-24(17-23)18-25-29(38)36-28(33(2,45-26(37)19-34)20-46(41,42)30(25)36)32(40)44-27(21-10-6-4-7-11-21)22-12-8-5-9-13-22/h3-15,17-18,26-28,30,37H,1,16,19-20H2,2H3/b25-18-/t26?,28-,30?,33?/m0/s1. The van der Waals surface area contributed by atoms with E-state index in [-0.39, 0.29) is 23.4 Å². The van der Waals surface area contributed by atoms with Gasteiger partial charge in [-0.05, 0) is 36.3 Å². The Balaban J connectivity index is 1.53. The van der Waals surface area contributed by atoms with E-state index in [0.29, 0.717) is 11.1 Å². The van der Waals surface area contributed by atoms with E-state index >= 15 is 0 Å². The van der Waals surface area contributed by atoms with Crippen molar-refractivity contribution < 1.29 is 42.1 Å². The first-order valence-corrected chi connectivity index (χ1v) is 16.5. The summed E-state index contributed by atoms with van der Waals surface area (Å²) in [6, 6.07) is 19.0. The number of fused-ring (bicyclic) bond motifs is 1. The lowest BCUT2D eigenvalue weighted by Crippen LogP contribution is -2.76. The molecule has 1 aromatic heterocycles. The normalized spacial score (nSPS) is 23.3. The minimum atomic E-state index is -4.21. The number of hydrogen-bond donors (Lipinski definition) is 1. The summed E-state index contributed by atoms with van der Waals surface area (Å²) in [7, 11) is -4.21. The van der Waals surface area contributed by atoms with E-state index < -0.39 is 68.7 Å². The van der Waals surface area contributed by atoms with Crippen molar-refractivity contribution in [2.45, 2.75) is 36.3 Å². The van der Waals surface area contributed by atoms with E-state index in [1.54, 1.807) is 48.5 Å². The summed E-state index contributed by atoms with van der Waals surface area (Å²) in [6.07, 6.45) is 1.42. The average molecular weight is 667 g/mol. The number of aromatic nitrogens is 1. The van der Waals surface area contributed by atoms with E-state index in [1.165, 1.54) is 37.4 Å². The molecule has 0 radical (unpaired) electrons. The number of esters is 2. The van der Waals surface area contributed by atoms with Gasteiger partial charge in [-0.2, -0.15) is 0 Å². The number of nitrogens with zero attached hydrogens (tertiary/aromatic N) is 2. The Morgan fingerprint density at radius 2 is 1.76 bits per heavy atom. The van der Waals surface area contributed by atoms with E-state index in [1.807, 2.05) is 12.1 Å². The summed E-state index contributed by atoms with van der Waals surface area (Å²) in [5.41, 5.74) is -0.570. The van der Waals surface area contributed by atoms with Gasteiger partial charge in [0.05, 0.1) is 28.5 Å². The molecule has 3 heterocycles. The molecule has 13 heteroatoms. The van der Waals surface area contributed by atoms with Crippen molar-refractivity contribution in [3.05, 3.63) is 120 Å². The van der Waals surface area contributed by atoms with E-state index in [4.69, 9.17) is 25.8 Å². The van der Waals surface area contributed by atoms with Gasteiger partial charge >= 0.3 is 11.9 Å². The van der Waals surface area contributed by atoms with Crippen molar-refractivity contribution >= 4 is 45.4 Å². The number of carbonyl (C=O) groups excluding carboxylic acids is 3. The lowest BCUT2D eigenvalue weighted by molar-refractivity contribution is -0.206. The fraction of sp³-hybridized carbons (Fsp3) is 0.273. The highest BCUT2D eigenvalue weighted by atomic mass is 35.5. The molecule has 3 aromatic rings. The topological polar surface area (TPSA) is 149 Å². The number of hydrogen-bond acceptors (Lipinski definition) is 10. The first-order valence-electron chi connectivity index (χ1n) is 14.2. The molecule has 1 amide bonds. The molecule has 2 aliphatic heterocycles. The summed E-state index contributed by atoms with van der Waals surface area (Å²) in [4.78, 5) is 45.3. The predicted molar refractivity (Wildman–Crippen MR) is 168 cm³/mol. The number of halogens is 1. The van der Waals surface area contributed by atoms with Gasteiger partial charge in [0, 0.05) is 6.20 Å². The monoisotopic (exact) mass is 666 g/mol. The molecule has 2 aliphatic rings. The Morgan fingerprint density at radius 3 is 2.35 bits per heavy atom. The third kappa shape index (κ3) is 6.61. The van der Waals surface area contributed by atoms with E-state index in [2.05, 4.69) is 11.6 Å². The Morgan fingerprint density at radius 1 is 1.13 bits per heavy atom. The van der Waals surface area contributed by atoms with Gasteiger partial charge in [0.2, 0.25) is 0 Å². The van der Waals surface area contributed by atoms with E-state index in [9.17, 15) is 27.9 Å². The predicted octanol–water partition coefficient (Wildman–Crippen LogP) is 3.44. The highest BCUT2D eigenvalue weighted by Crippen LogP contribution is 2.45. The second-order valence-corrected chi connectivity index (χ2v) is 13.3. The lowest BCUT2D eigenvalue weighted by atomic mass is 9.90. The van der Waals surface area contributed by atoms with Crippen LogP contribution in [0, 0.1) is 0 Å². The molecule has 11 nitrogen and oxygen atoms in total. The van der Waals surface area contributed by atoms with Crippen molar-refractivity contribution in [3.63, 3.8) is 0 Å². The van der Waals surface area contributed by atoms with E-state index in [0.717, 1.165) is 4.90 Å². The van der Waals surface area contributed by atoms with Crippen LogP contribution < -0.4 is 0 Å². The molecule has 5 rings (SSSR count). The zero-order valence-corrected chi connectivity index (χ0v) is 26.3. The fourth-order valence-corrected chi connectivity index (χ4v) is 8.01. The van der Waals surface area contributed by atoms with Crippen LogP contribution in [0.25, 0.3) is 6.08 Å². The smallest absolute Gasteiger partial charge is 0.338 e. The van der Waals surface area contributed by atoms with Crippen LogP contribution in [0.1, 0.15) is 40.2 Å². The molecule has 0 spiro atoms. The third-order valence-corrected chi connectivity index (χ3v) is 9.94. The number of ether oxygens (including phenoxy) is 3. The molecule has 2 aromatic carbocycles. The van der Waals surface area contributed by atoms with Gasteiger partial charge < -0.3 is 24.2 Å². The molecule has 2 fully saturated rings. The second-order valence-electron chi connectivity index (χ2n) is 10.9. The largest absolute Gasteiger partial charge is 0.458 e. The summed E-state index contributed by atoms with van der Waals surface area (Å²) in [5.74, 6) is -3.56. The number of sulfone groups is 1. The van der Waals surface area contributed by atoms with Crippen LogP contribution in [0.5, 0.6) is 0 Å². The zero-order chi connectivity index (χ0) is 33.1. The van der Waals surface area contributed by atoms with Crippen molar-refractivity contribution in [2.24, 2.45) is 0 Å². The summed E-state index contributed by atoms with van der Waals surface area (Å²) >= 11 is 5.79. The summed E-state index contributed by atoms with van der Waals surface area (Å²) in [5, 5.41) is 8.77. The average Bonchev–Trinajstić information content (AvgIpc) is 3.05. The number of aliphatic hydroxyl groups is 1. The van der Waals surface area contributed by atoms with Gasteiger partial charge in [-0.3, -0.25) is 9.78 Å². The van der Waals surface area contributed by atoms with Gasteiger partial charge in [0.15, 0.2) is 33.6 Å². The molecular formula is C33H31ClN2O9S. The molecule has 3 unspecified atom stereocenters. The lowest BCUT2D eigenvalue weighted by Gasteiger charge is -2.55. The SMILES string of the molecule is C=CCOC(=O)c1ccnc(/C=C2/C(=O)N3C2S(=O)(=O)CC(C)(OC(O)CCl)[C@@H]3C(=O)OC(c2ccccc2)c2ccccc2)c1. The number of aliphatic hydroxyl groups excluding tert-OH is 1. The van der Waals surface area contributed by atoms with Crippen LogP contribution in [-0.2, 0) is 33.6 Å². The van der Waals surface area contributed by atoms with Crippen LogP contribution in [0.4, 0.5) is 0 Å². The first kappa shape index (κ1) is 33.0. The van der Waals surface area contributed by atoms with Gasteiger partial charge in [-0.1, -0.05) is 73.3 Å². The zero-order valence-electron chi connectivity index (χ0n) is 24.7. The van der Waals surface area contributed by atoms with Crippen LogP contribution in [0.2, 0.25) is 0 Å². The summed E-state index contributed by atoms with van der Waals surface area (Å²) in [6.45, 7) is 4.80. The molecule has 1 N–H and O–H groups in total. The van der Waals surface area contributed by atoms with Crippen molar-refractivity contribution in [2.75, 3.05) is 18.2 Å². The number of pyridine rings is 1. The molecule has 0 saturated carbocycles. The second kappa shape index (κ2) is 13.6.